The summed E-state index contributed by atoms with van der Waals surface area (Å²) in [5, 5.41) is 11.1. The molecule has 0 radical (unpaired) electrons. The lowest BCUT2D eigenvalue weighted by atomic mass is 10.1. The molecule has 128 valence electrons. The van der Waals surface area contributed by atoms with Crippen LogP contribution < -0.4 is 5.73 Å². The fraction of sp³-hybridized carbons (Fsp3) is 1.00. The molecule has 21 heavy (non-hydrogen) atoms. The van der Waals surface area contributed by atoms with Gasteiger partial charge in [0.05, 0.1) is 0 Å². The molecule has 0 spiro atoms. The van der Waals surface area contributed by atoms with E-state index in [-0.39, 0.29) is 6.42 Å². The average molecular weight is 325 g/mol. The smallest absolute Gasteiger partial charge is 0.391 e. The summed E-state index contributed by atoms with van der Waals surface area (Å²) in [5.41, 5.74) is 4.11. The van der Waals surface area contributed by atoms with Gasteiger partial charge in [0.15, 0.2) is 0 Å². The normalized spacial score (nSPS) is 15.4. The predicted molar refractivity (Wildman–Crippen MR) is 82.0 cm³/mol. The summed E-state index contributed by atoms with van der Waals surface area (Å²) in [6.07, 6.45) is 0.834. The van der Waals surface area contributed by atoms with Gasteiger partial charge in [-0.05, 0) is 33.7 Å². The zero-order chi connectivity index (χ0) is 16.4. The molecule has 0 aliphatic carbocycles. The Morgan fingerprint density at radius 2 is 1.43 bits per heavy atom. The van der Waals surface area contributed by atoms with E-state index in [0.717, 1.165) is 0 Å². The van der Waals surface area contributed by atoms with Crippen molar-refractivity contribution in [2.75, 3.05) is 40.6 Å². The second kappa shape index (κ2) is 10.6. The van der Waals surface area contributed by atoms with Crippen LogP contribution in [0.25, 0.3) is 0 Å². The first kappa shape index (κ1) is 20.9. The van der Waals surface area contributed by atoms with Crippen LogP contribution in [0.1, 0.15) is 33.6 Å². The molecule has 1 unspecified atom stereocenters. The first-order valence-corrected chi connectivity index (χ1v) is 8.93. The topological polar surface area (TPSA) is 92.4 Å². The molecule has 3 N–H and O–H groups in total. The standard InChI is InChI=1S/C13H31NO6Si/c1-6-18-12(15,10-9-11-14)13(19-7-2,20-8-3)21(16-4)17-5/h15,21H,6-11,14H2,1-5H3. The van der Waals surface area contributed by atoms with Gasteiger partial charge in [-0.15, -0.1) is 0 Å². The van der Waals surface area contributed by atoms with Gasteiger partial charge in [0.2, 0.25) is 5.79 Å². The molecule has 0 saturated carbocycles. The van der Waals surface area contributed by atoms with Crippen molar-refractivity contribution >= 4 is 9.28 Å². The van der Waals surface area contributed by atoms with Crippen molar-refractivity contribution in [3.8, 4) is 0 Å². The Morgan fingerprint density at radius 3 is 1.76 bits per heavy atom. The monoisotopic (exact) mass is 325 g/mol. The van der Waals surface area contributed by atoms with Crippen LogP contribution in [0, 0.1) is 0 Å². The number of hydrogen-bond acceptors (Lipinski definition) is 7. The molecule has 7 nitrogen and oxygen atoms in total. The molecule has 0 aromatic heterocycles. The molecule has 0 rings (SSSR count). The molecule has 0 heterocycles. The van der Waals surface area contributed by atoms with Crippen molar-refractivity contribution in [3.63, 3.8) is 0 Å². The third-order valence-electron chi connectivity index (χ3n) is 3.10. The Morgan fingerprint density at radius 1 is 0.952 bits per heavy atom. The van der Waals surface area contributed by atoms with Gasteiger partial charge in [-0.25, -0.2) is 0 Å². The summed E-state index contributed by atoms with van der Waals surface area (Å²) in [7, 11) is 0.495. The lowest BCUT2D eigenvalue weighted by Crippen LogP contribution is -2.69. The molecule has 0 fully saturated rings. The van der Waals surface area contributed by atoms with Gasteiger partial charge in [0, 0.05) is 40.5 Å². The highest BCUT2D eigenvalue weighted by molar-refractivity contribution is 6.48. The molecular weight excluding hydrogens is 294 g/mol. The molecule has 0 bridgehead atoms. The lowest BCUT2D eigenvalue weighted by molar-refractivity contribution is -0.371. The van der Waals surface area contributed by atoms with Crippen molar-refractivity contribution in [2.24, 2.45) is 5.73 Å². The van der Waals surface area contributed by atoms with Gasteiger partial charge >= 0.3 is 9.28 Å². The van der Waals surface area contributed by atoms with Crippen LogP contribution in [0.15, 0.2) is 0 Å². The molecule has 0 aliphatic heterocycles. The van der Waals surface area contributed by atoms with Crippen LogP contribution in [-0.2, 0) is 23.1 Å². The number of aliphatic hydroxyl groups is 1. The first-order chi connectivity index (χ1) is 10.0. The van der Waals surface area contributed by atoms with Gasteiger partial charge in [0.25, 0.3) is 5.41 Å². The maximum Gasteiger partial charge on any atom is 0.391 e. The summed E-state index contributed by atoms with van der Waals surface area (Å²) in [4.78, 5) is 0. The minimum atomic E-state index is -2.54. The number of ether oxygens (including phenoxy) is 3. The molecule has 0 amide bonds. The van der Waals surface area contributed by atoms with Crippen LogP contribution in [0.3, 0.4) is 0 Å². The van der Waals surface area contributed by atoms with Gasteiger partial charge in [-0.2, -0.15) is 0 Å². The van der Waals surface area contributed by atoms with E-state index in [2.05, 4.69) is 0 Å². The Hall–Kier alpha value is -0.0631. The highest BCUT2D eigenvalue weighted by Crippen LogP contribution is 2.36. The minimum Gasteiger partial charge on any atom is -0.397 e. The van der Waals surface area contributed by atoms with Crippen LogP contribution in [-0.4, -0.2) is 66.2 Å². The summed E-state index contributed by atoms with van der Waals surface area (Å²) >= 11 is 0. The fourth-order valence-corrected chi connectivity index (χ4v) is 4.36. The predicted octanol–water partition coefficient (Wildman–Crippen LogP) is 0.272. The van der Waals surface area contributed by atoms with E-state index in [0.29, 0.717) is 32.8 Å². The van der Waals surface area contributed by atoms with E-state index >= 15 is 0 Å². The molecular formula is C13H31NO6Si. The van der Waals surface area contributed by atoms with Crippen LogP contribution >= 0.6 is 0 Å². The van der Waals surface area contributed by atoms with Crippen LogP contribution in [0.5, 0.6) is 0 Å². The van der Waals surface area contributed by atoms with Gasteiger partial charge in [0.1, 0.15) is 0 Å². The van der Waals surface area contributed by atoms with Gasteiger partial charge in [-0.3, -0.25) is 0 Å². The van der Waals surface area contributed by atoms with E-state index in [1.54, 1.807) is 6.92 Å². The fourth-order valence-electron chi connectivity index (χ4n) is 2.35. The molecule has 1 atom stereocenters. The summed E-state index contributed by atoms with van der Waals surface area (Å²) in [6, 6.07) is 0. The van der Waals surface area contributed by atoms with Crippen molar-refractivity contribution in [3.05, 3.63) is 0 Å². The van der Waals surface area contributed by atoms with Gasteiger partial charge < -0.3 is 33.9 Å². The van der Waals surface area contributed by atoms with Crippen molar-refractivity contribution in [1.29, 1.82) is 0 Å². The zero-order valence-corrected chi connectivity index (χ0v) is 15.0. The van der Waals surface area contributed by atoms with Crippen LogP contribution in [0.2, 0.25) is 0 Å². The highest BCUT2D eigenvalue weighted by atomic mass is 28.3. The number of hydrogen-bond donors (Lipinski definition) is 2. The van der Waals surface area contributed by atoms with Crippen molar-refractivity contribution in [1.82, 2.24) is 0 Å². The molecule has 8 heteroatoms. The third-order valence-corrected chi connectivity index (χ3v) is 5.36. The van der Waals surface area contributed by atoms with E-state index in [4.69, 9.17) is 28.8 Å². The summed E-state index contributed by atoms with van der Waals surface area (Å²) in [5.74, 6) is -1.67. The van der Waals surface area contributed by atoms with E-state index < -0.39 is 20.5 Å². The van der Waals surface area contributed by atoms with Crippen molar-refractivity contribution < 1.29 is 28.2 Å². The Balaban J connectivity index is 5.72. The maximum atomic E-state index is 11.1. The third kappa shape index (κ3) is 4.97. The van der Waals surface area contributed by atoms with E-state index in [1.807, 2.05) is 13.8 Å². The van der Waals surface area contributed by atoms with Gasteiger partial charge in [-0.1, -0.05) is 0 Å². The van der Waals surface area contributed by atoms with Crippen LogP contribution in [0.4, 0.5) is 0 Å². The second-order valence-corrected chi connectivity index (χ2v) is 6.81. The molecule has 0 saturated heterocycles. The molecule has 0 aromatic carbocycles. The van der Waals surface area contributed by atoms with E-state index in [9.17, 15) is 5.11 Å². The second-order valence-electron chi connectivity index (χ2n) is 4.45. The first-order valence-electron chi connectivity index (χ1n) is 7.41. The quantitative estimate of drug-likeness (QED) is 0.371. The highest BCUT2D eigenvalue weighted by Gasteiger charge is 2.61. The molecule has 0 aromatic rings. The SMILES string of the molecule is CCOC(O)(CCCN)C(OCC)(OCC)[SiH](OC)OC. The van der Waals surface area contributed by atoms with Crippen molar-refractivity contribution in [2.45, 2.75) is 44.8 Å². The largest absolute Gasteiger partial charge is 0.397 e. The number of rotatable bonds is 13. The zero-order valence-electron chi connectivity index (χ0n) is 13.9. The van der Waals surface area contributed by atoms with E-state index in [1.165, 1.54) is 14.2 Å². The minimum absolute atomic E-state index is 0.271. The average Bonchev–Trinajstić information content (AvgIpc) is 2.47. The Kier molecular flexibility index (Phi) is 10.6. The number of nitrogens with two attached hydrogens (primary N) is 1. The summed E-state index contributed by atoms with van der Waals surface area (Å²) in [6.45, 7) is 6.82. The lowest BCUT2D eigenvalue weighted by Gasteiger charge is -2.47. The summed E-state index contributed by atoms with van der Waals surface area (Å²) < 4.78 is 28.1. The Labute approximate surface area is 129 Å². The maximum absolute atomic E-state index is 11.1. The molecule has 0 aliphatic rings. The Bertz CT molecular complexity index is 261.